The number of aromatic nitrogens is 2. The number of hydrogen-bond donors (Lipinski definition) is 1. The average molecular weight is 307 g/mol. The van der Waals surface area contributed by atoms with Gasteiger partial charge in [0.2, 0.25) is 0 Å². The van der Waals surface area contributed by atoms with E-state index < -0.39 is 0 Å². The quantitative estimate of drug-likeness (QED) is 0.947. The van der Waals surface area contributed by atoms with Crippen LogP contribution in [0.5, 0.6) is 0 Å². The molecule has 5 nitrogen and oxygen atoms in total. The van der Waals surface area contributed by atoms with Gasteiger partial charge in [-0.3, -0.25) is 9.59 Å². The van der Waals surface area contributed by atoms with Crippen molar-refractivity contribution in [2.24, 2.45) is 12.5 Å². The lowest BCUT2D eigenvalue weighted by Crippen LogP contribution is -2.27. The van der Waals surface area contributed by atoms with Gasteiger partial charge in [0.05, 0.1) is 16.6 Å². The lowest BCUT2D eigenvalue weighted by Gasteiger charge is -2.17. The summed E-state index contributed by atoms with van der Waals surface area (Å²) in [5.41, 5.74) is 0.791. The number of nitrogens with zero attached hydrogens (tertiary/aromatic N) is 2. The van der Waals surface area contributed by atoms with Crippen LogP contribution < -0.4 is 10.9 Å². The van der Waals surface area contributed by atoms with E-state index in [9.17, 15) is 9.59 Å². The number of aryl methyl sites for hydroxylation is 2. The van der Waals surface area contributed by atoms with E-state index in [-0.39, 0.29) is 16.9 Å². The Labute approximate surface area is 128 Å². The molecule has 21 heavy (non-hydrogen) atoms. The Bertz CT molecular complexity index is 738. The Hall–Kier alpha value is -1.69. The van der Waals surface area contributed by atoms with Crippen molar-refractivity contribution >= 4 is 27.5 Å². The molecule has 0 aliphatic rings. The van der Waals surface area contributed by atoms with Crippen LogP contribution in [0.2, 0.25) is 0 Å². The number of nitrogens with one attached hydrogen (secondary N) is 1. The predicted molar refractivity (Wildman–Crippen MR) is 86.0 cm³/mol. The summed E-state index contributed by atoms with van der Waals surface area (Å²) >= 11 is 1.28. The summed E-state index contributed by atoms with van der Waals surface area (Å²) in [6.07, 6.45) is 2.39. The van der Waals surface area contributed by atoms with Crippen LogP contribution in [-0.4, -0.2) is 22.0 Å². The van der Waals surface area contributed by atoms with Crippen LogP contribution >= 0.6 is 11.3 Å². The minimum Gasteiger partial charge on any atom is -0.351 e. The highest BCUT2D eigenvalue weighted by Gasteiger charge is 2.19. The molecular weight excluding hydrogens is 286 g/mol. The molecule has 2 rings (SSSR count). The molecule has 1 N–H and O–H groups in total. The molecule has 0 bridgehead atoms. The summed E-state index contributed by atoms with van der Waals surface area (Å²) in [5.74, 6) is -0.123. The van der Waals surface area contributed by atoms with Crippen LogP contribution in [-0.2, 0) is 7.05 Å². The molecule has 0 fully saturated rings. The van der Waals surface area contributed by atoms with Gasteiger partial charge in [0.1, 0.15) is 4.83 Å². The standard InChI is InChI=1S/C15H21N3O2S/c1-9-10-13(17-8-18(5)14(10)20)21-11(9)12(19)16-7-6-15(2,3)4/h8H,6-7H2,1-5H3,(H,16,19). The Kier molecular flexibility index (Phi) is 4.18. The molecule has 2 aromatic rings. The van der Waals surface area contributed by atoms with Gasteiger partial charge in [0.25, 0.3) is 11.5 Å². The number of carbonyl (C=O) groups excluding carboxylic acids is 1. The van der Waals surface area contributed by atoms with E-state index in [4.69, 9.17) is 0 Å². The molecule has 0 aliphatic carbocycles. The van der Waals surface area contributed by atoms with E-state index in [1.165, 1.54) is 22.2 Å². The van der Waals surface area contributed by atoms with Gasteiger partial charge in [-0.1, -0.05) is 20.8 Å². The largest absolute Gasteiger partial charge is 0.351 e. The summed E-state index contributed by atoms with van der Waals surface area (Å²) in [6.45, 7) is 8.84. The molecule has 0 unspecified atom stereocenters. The minimum absolute atomic E-state index is 0.109. The molecule has 0 aliphatic heterocycles. The van der Waals surface area contributed by atoms with Gasteiger partial charge in [0, 0.05) is 13.6 Å². The predicted octanol–water partition coefficient (Wildman–Crippen LogP) is 2.47. The molecule has 0 spiro atoms. The third-order valence-electron chi connectivity index (χ3n) is 3.38. The average Bonchev–Trinajstić information content (AvgIpc) is 2.70. The molecular formula is C15H21N3O2S. The van der Waals surface area contributed by atoms with Gasteiger partial charge < -0.3 is 9.88 Å². The summed E-state index contributed by atoms with van der Waals surface area (Å²) in [7, 11) is 1.66. The highest BCUT2D eigenvalue weighted by molar-refractivity contribution is 7.20. The van der Waals surface area contributed by atoms with Gasteiger partial charge in [-0.25, -0.2) is 4.98 Å². The number of amides is 1. The van der Waals surface area contributed by atoms with E-state index in [2.05, 4.69) is 31.1 Å². The van der Waals surface area contributed by atoms with Gasteiger partial charge in [-0.2, -0.15) is 0 Å². The SMILES string of the molecule is Cc1c(C(=O)NCCC(C)(C)C)sc2ncn(C)c(=O)c12. The van der Waals surface area contributed by atoms with Crippen LogP contribution in [0.15, 0.2) is 11.1 Å². The van der Waals surface area contributed by atoms with Crippen LogP contribution in [0.4, 0.5) is 0 Å². The van der Waals surface area contributed by atoms with Crippen LogP contribution in [0, 0.1) is 12.3 Å². The topological polar surface area (TPSA) is 64.0 Å². The maximum absolute atomic E-state index is 12.3. The lowest BCUT2D eigenvalue weighted by atomic mass is 9.92. The van der Waals surface area contributed by atoms with E-state index in [0.29, 0.717) is 21.6 Å². The minimum atomic E-state index is -0.123. The molecule has 114 valence electrons. The van der Waals surface area contributed by atoms with Crippen molar-refractivity contribution < 1.29 is 4.79 Å². The van der Waals surface area contributed by atoms with Crippen molar-refractivity contribution in [2.45, 2.75) is 34.1 Å². The van der Waals surface area contributed by atoms with E-state index in [1.807, 2.05) is 0 Å². The summed E-state index contributed by atoms with van der Waals surface area (Å²) in [4.78, 5) is 29.8. The normalized spacial score (nSPS) is 11.9. The number of hydrogen-bond acceptors (Lipinski definition) is 4. The second-order valence-corrected chi connectivity index (χ2v) is 7.46. The van der Waals surface area contributed by atoms with Crippen molar-refractivity contribution in [1.29, 1.82) is 0 Å². The van der Waals surface area contributed by atoms with Gasteiger partial charge in [-0.15, -0.1) is 11.3 Å². The first-order chi connectivity index (χ1) is 9.70. The molecule has 0 aromatic carbocycles. The van der Waals surface area contributed by atoms with Crippen LogP contribution in [0.1, 0.15) is 42.4 Å². The molecule has 2 aromatic heterocycles. The van der Waals surface area contributed by atoms with Crippen LogP contribution in [0.25, 0.3) is 10.2 Å². The summed E-state index contributed by atoms with van der Waals surface area (Å²) in [6, 6.07) is 0. The fourth-order valence-electron chi connectivity index (χ4n) is 2.06. The van der Waals surface area contributed by atoms with E-state index in [1.54, 1.807) is 14.0 Å². The fourth-order valence-corrected chi connectivity index (χ4v) is 3.11. The molecule has 0 atom stereocenters. The molecule has 1 amide bonds. The summed E-state index contributed by atoms with van der Waals surface area (Å²) < 4.78 is 1.43. The van der Waals surface area contributed by atoms with Crippen molar-refractivity contribution in [3.63, 3.8) is 0 Å². The second-order valence-electron chi connectivity index (χ2n) is 6.46. The number of thiophene rings is 1. The number of rotatable bonds is 3. The molecule has 0 saturated heterocycles. The smallest absolute Gasteiger partial charge is 0.262 e. The third-order valence-corrected chi connectivity index (χ3v) is 4.58. The van der Waals surface area contributed by atoms with Crippen molar-refractivity contribution in [3.05, 3.63) is 27.1 Å². The number of carbonyl (C=O) groups is 1. The second kappa shape index (κ2) is 5.60. The highest BCUT2D eigenvalue weighted by Crippen LogP contribution is 2.26. The van der Waals surface area contributed by atoms with E-state index >= 15 is 0 Å². The van der Waals surface area contributed by atoms with Crippen molar-refractivity contribution in [2.75, 3.05) is 6.54 Å². The molecule has 2 heterocycles. The number of fused-ring (bicyclic) bond motifs is 1. The molecule has 6 heteroatoms. The van der Waals surface area contributed by atoms with Gasteiger partial charge in [-0.05, 0) is 24.3 Å². The Morgan fingerprint density at radius 2 is 2.10 bits per heavy atom. The zero-order chi connectivity index (χ0) is 15.8. The first-order valence-corrected chi connectivity index (χ1v) is 7.75. The maximum atomic E-state index is 12.3. The zero-order valence-electron chi connectivity index (χ0n) is 13.1. The monoisotopic (exact) mass is 307 g/mol. The van der Waals surface area contributed by atoms with Gasteiger partial charge >= 0.3 is 0 Å². The molecule has 0 saturated carbocycles. The summed E-state index contributed by atoms with van der Waals surface area (Å²) in [5, 5.41) is 3.47. The Morgan fingerprint density at radius 1 is 1.43 bits per heavy atom. The third kappa shape index (κ3) is 3.32. The highest BCUT2D eigenvalue weighted by atomic mass is 32.1. The zero-order valence-corrected chi connectivity index (χ0v) is 13.9. The van der Waals surface area contributed by atoms with Crippen molar-refractivity contribution in [1.82, 2.24) is 14.9 Å². The first-order valence-electron chi connectivity index (χ1n) is 6.93. The first kappa shape index (κ1) is 15.7. The maximum Gasteiger partial charge on any atom is 0.262 e. The van der Waals surface area contributed by atoms with Gasteiger partial charge in [0.15, 0.2) is 0 Å². The fraction of sp³-hybridized carbons (Fsp3) is 0.533. The van der Waals surface area contributed by atoms with Crippen molar-refractivity contribution in [3.8, 4) is 0 Å². The molecule has 0 radical (unpaired) electrons. The van der Waals surface area contributed by atoms with Crippen LogP contribution in [0.3, 0.4) is 0 Å². The Morgan fingerprint density at radius 3 is 2.71 bits per heavy atom. The lowest BCUT2D eigenvalue weighted by molar-refractivity contribution is 0.0953. The van der Waals surface area contributed by atoms with E-state index in [0.717, 1.165) is 12.0 Å². The Balaban J connectivity index is 2.27.